The number of phenolic OH excluding ortho intramolecular Hbond substituents is 1. The minimum atomic E-state index is -1.03. The van der Waals surface area contributed by atoms with Gasteiger partial charge in [0, 0.05) is 12.8 Å². The zero-order valence-electron chi connectivity index (χ0n) is 13.0. The van der Waals surface area contributed by atoms with Crippen molar-refractivity contribution in [1.82, 2.24) is 0 Å². The molecule has 0 aliphatic carbocycles. The number of hydrogen-bond donors (Lipinski definition) is 6. The first-order valence-corrected chi connectivity index (χ1v) is 6.92. The Balaban J connectivity index is 0. The third-order valence-electron chi connectivity index (χ3n) is 2.22. The average Bonchev–Trinajstić information content (AvgIpc) is 2.52. The molecule has 0 saturated carbocycles. The molecule has 0 unspecified atom stereocenters. The molecule has 0 fully saturated rings. The molecule has 1 rings (SSSR count). The van der Waals surface area contributed by atoms with Gasteiger partial charge in [0.2, 0.25) is 0 Å². The van der Waals surface area contributed by atoms with E-state index in [1.165, 1.54) is 24.3 Å². The normalized spacial score (nSPS) is 8.92. The molecular formula is C15H22O9. The second kappa shape index (κ2) is 15.3. The van der Waals surface area contributed by atoms with Gasteiger partial charge in [-0.05, 0) is 31.0 Å². The van der Waals surface area contributed by atoms with Crippen LogP contribution in [-0.2, 0) is 9.59 Å². The number of phenols is 1. The van der Waals surface area contributed by atoms with Crippen LogP contribution in [0.1, 0.15) is 36.0 Å². The van der Waals surface area contributed by atoms with Crippen LogP contribution in [0.25, 0.3) is 0 Å². The van der Waals surface area contributed by atoms with Crippen LogP contribution in [0.5, 0.6) is 5.75 Å². The van der Waals surface area contributed by atoms with Crippen molar-refractivity contribution in [3.63, 3.8) is 0 Å². The van der Waals surface area contributed by atoms with E-state index in [4.69, 9.17) is 30.6 Å². The molecule has 0 aromatic heterocycles. The van der Waals surface area contributed by atoms with E-state index in [1.54, 1.807) is 0 Å². The summed E-state index contributed by atoms with van der Waals surface area (Å²) in [5.74, 6) is -2.80. The minimum Gasteiger partial charge on any atom is -0.508 e. The van der Waals surface area contributed by atoms with Gasteiger partial charge in [-0.25, -0.2) is 4.79 Å². The summed E-state index contributed by atoms with van der Waals surface area (Å²) in [6.45, 7) is -0.250. The molecule has 0 aliphatic rings. The van der Waals surface area contributed by atoms with Gasteiger partial charge < -0.3 is 30.6 Å². The highest BCUT2D eigenvalue weighted by molar-refractivity contribution is 5.87. The van der Waals surface area contributed by atoms with Crippen LogP contribution in [0.4, 0.5) is 0 Å². The van der Waals surface area contributed by atoms with Crippen molar-refractivity contribution in [3.05, 3.63) is 29.8 Å². The maximum Gasteiger partial charge on any atom is 0.335 e. The monoisotopic (exact) mass is 346 g/mol. The SMILES string of the molecule is O=C(O)CCCCC(=O)O.O=C(O)c1cccc(O)c1.OCCO. The fraction of sp³-hybridized carbons (Fsp3) is 0.400. The molecule has 0 amide bonds. The third-order valence-corrected chi connectivity index (χ3v) is 2.22. The zero-order chi connectivity index (χ0) is 19.0. The minimum absolute atomic E-state index is 0.0279. The number of aliphatic hydroxyl groups excluding tert-OH is 2. The van der Waals surface area contributed by atoms with Gasteiger partial charge in [-0.3, -0.25) is 9.59 Å². The van der Waals surface area contributed by atoms with Crippen molar-refractivity contribution in [2.75, 3.05) is 13.2 Å². The summed E-state index contributed by atoms with van der Waals surface area (Å²) >= 11 is 0. The van der Waals surface area contributed by atoms with Crippen LogP contribution in [0, 0.1) is 0 Å². The lowest BCUT2D eigenvalue weighted by Gasteiger charge is -1.92. The first kappa shape index (κ1) is 23.6. The second-order valence-electron chi connectivity index (χ2n) is 4.30. The van der Waals surface area contributed by atoms with Gasteiger partial charge in [0.25, 0.3) is 0 Å². The molecule has 9 heteroatoms. The van der Waals surface area contributed by atoms with Crippen molar-refractivity contribution in [1.29, 1.82) is 0 Å². The number of carboxylic acid groups (broad SMARTS) is 3. The van der Waals surface area contributed by atoms with E-state index < -0.39 is 17.9 Å². The number of benzene rings is 1. The molecule has 0 heterocycles. The number of aliphatic carboxylic acids is 2. The lowest BCUT2D eigenvalue weighted by Crippen LogP contribution is -1.97. The van der Waals surface area contributed by atoms with E-state index in [-0.39, 0.29) is 37.4 Å². The average molecular weight is 346 g/mol. The highest BCUT2D eigenvalue weighted by Crippen LogP contribution is 2.09. The largest absolute Gasteiger partial charge is 0.508 e. The predicted molar refractivity (Wildman–Crippen MR) is 83.0 cm³/mol. The molecule has 1 aromatic carbocycles. The van der Waals surface area contributed by atoms with Crippen LogP contribution in [-0.4, -0.2) is 61.8 Å². The maximum atomic E-state index is 10.2. The fourth-order valence-electron chi connectivity index (χ4n) is 1.19. The Kier molecular flexibility index (Phi) is 15.0. The molecule has 0 radical (unpaired) electrons. The number of hydrogen-bond acceptors (Lipinski definition) is 6. The number of carbonyl (C=O) groups is 3. The summed E-state index contributed by atoms with van der Waals surface area (Å²) in [6.07, 6.45) is 1.02. The van der Waals surface area contributed by atoms with Gasteiger partial charge in [-0.1, -0.05) is 6.07 Å². The smallest absolute Gasteiger partial charge is 0.335 e. The molecule has 0 atom stereocenters. The quantitative estimate of drug-likeness (QED) is 0.390. The third kappa shape index (κ3) is 17.4. The van der Waals surface area contributed by atoms with Crippen LogP contribution in [0.2, 0.25) is 0 Å². The number of aromatic hydroxyl groups is 1. The molecule has 136 valence electrons. The van der Waals surface area contributed by atoms with Crippen molar-refractivity contribution in [3.8, 4) is 5.75 Å². The van der Waals surface area contributed by atoms with Crippen molar-refractivity contribution >= 4 is 17.9 Å². The van der Waals surface area contributed by atoms with Crippen molar-refractivity contribution in [2.24, 2.45) is 0 Å². The highest BCUT2D eigenvalue weighted by Gasteiger charge is 2.00. The number of aliphatic hydroxyl groups is 2. The molecule has 0 aliphatic heterocycles. The molecular weight excluding hydrogens is 324 g/mol. The highest BCUT2D eigenvalue weighted by atomic mass is 16.4. The Morgan fingerprint density at radius 2 is 1.29 bits per heavy atom. The fourth-order valence-corrected chi connectivity index (χ4v) is 1.19. The molecule has 0 bridgehead atoms. The molecule has 9 nitrogen and oxygen atoms in total. The Labute approximate surface area is 138 Å². The number of unbranched alkanes of at least 4 members (excludes halogenated alkanes) is 1. The standard InChI is InChI=1S/C7H6O3.C6H10O4.C2H6O2/c8-6-3-1-2-5(4-6)7(9)10;7-5(8)3-1-2-4-6(9)10;3-1-2-4/h1-4,8H,(H,9,10);1-4H2,(H,7,8)(H,9,10);3-4H,1-2H2. The molecule has 0 spiro atoms. The van der Waals surface area contributed by atoms with E-state index in [2.05, 4.69) is 0 Å². The van der Waals surface area contributed by atoms with Crippen molar-refractivity contribution in [2.45, 2.75) is 25.7 Å². The lowest BCUT2D eigenvalue weighted by molar-refractivity contribution is -0.139. The summed E-state index contributed by atoms with van der Waals surface area (Å²) in [4.78, 5) is 30.0. The number of rotatable bonds is 7. The van der Waals surface area contributed by atoms with Gasteiger partial charge in [-0.15, -0.1) is 0 Å². The zero-order valence-corrected chi connectivity index (χ0v) is 13.0. The van der Waals surface area contributed by atoms with E-state index in [0.717, 1.165) is 0 Å². The molecule has 6 N–H and O–H groups in total. The summed E-state index contributed by atoms with van der Waals surface area (Å²) in [5.41, 5.74) is 0.0972. The summed E-state index contributed by atoms with van der Waals surface area (Å²) in [5, 5.41) is 48.7. The summed E-state index contributed by atoms with van der Waals surface area (Å²) in [6, 6.07) is 5.52. The topological polar surface area (TPSA) is 173 Å². The van der Waals surface area contributed by atoms with Crippen LogP contribution in [0.15, 0.2) is 24.3 Å². The van der Waals surface area contributed by atoms with Crippen LogP contribution in [0.3, 0.4) is 0 Å². The van der Waals surface area contributed by atoms with Gasteiger partial charge in [0.1, 0.15) is 5.75 Å². The molecule has 1 aromatic rings. The lowest BCUT2D eigenvalue weighted by atomic mass is 10.2. The van der Waals surface area contributed by atoms with Gasteiger partial charge >= 0.3 is 17.9 Å². The summed E-state index contributed by atoms with van der Waals surface area (Å²) < 4.78 is 0. The Morgan fingerprint density at radius 3 is 1.54 bits per heavy atom. The Hall–Kier alpha value is -2.65. The Bertz CT molecular complexity index is 481. The first-order valence-electron chi connectivity index (χ1n) is 6.92. The van der Waals surface area contributed by atoms with Gasteiger partial charge in [0.05, 0.1) is 18.8 Å². The molecule has 24 heavy (non-hydrogen) atoms. The van der Waals surface area contributed by atoms with Gasteiger partial charge in [0.15, 0.2) is 0 Å². The number of carboxylic acids is 3. The first-order chi connectivity index (χ1) is 11.2. The maximum absolute atomic E-state index is 10.2. The van der Waals surface area contributed by atoms with E-state index in [1.807, 2.05) is 0 Å². The summed E-state index contributed by atoms with van der Waals surface area (Å²) in [7, 11) is 0. The predicted octanol–water partition coefficient (Wildman–Crippen LogP) is 0.777. The Morgan fingerprint density at radius 1 is 0.833 bits per heavy atom. The van der Waals surface area contributed by atoms with Crippen molar-refractivity contribution < 1.29 is 45.0 Å². The second-order valence-corrected chi connectivity index (χ2v) is 4.30. The van der Waals surface area contributed by atoms with Crippen LogP contribution < -0.4 is 0 Å². The van der Waals surface area contributed by atoms with E-state index in [0.29, 0.717) is 12.8 Å². The van der Waals surface area contributed by atoms with Gasteiger partial charge in [-0.2, -0.15) is 0 Å². The number of aromatic carboxylic acids is 1. The molecule has 0 saturated heterocycles. The van der Waals surface area contributed by atoms with E-state index >= 15 is 0 Å². The van der Waals surface area contributed by atoms with E-state index in [9.17, 15) is 14.4 Å². The van der Waals surface area contributed by atoms with Crippen LogP contribution >= 0.6 is 0 Å².